The molecule has 4 nitrogen and oxygen atoms in total. The highest BCUT2D eigenvalue weighted by atomic mass is 32.2. The molecule has 2 N–H and O–H groups in total. The molecule has 1 aromatic rings. The molecule has 1 saturated heterocycles. The third kappa shape index (κ3) is 3.31. The first-order chi connectivity index (χ1) is 8.47. The van der Waals surface area contributed by atoms with Gasteiger partial charge in [-0.15, -0.1) is 0 Å². The van der Waals surface area contributed by atoms with Crippen LogP contribution >= 0.6 is 0 Å². The third-order valence-electron chi connectivity index (χ3n) is 3.24. The van der Waals surface area contributed by atoms with Crippen LogP contribution in [-0.2, 0) is 15.8 Å². The molecule has 0 amide bonds. The molecule has 0 radical (unpaired) electrons. The molecule has 1 aliphatic heterocycles. The molecule has 1 aromatic carbocycles. The fourth-order valence-electron chi connectivity index (χ4n) is 2.45. The van der Waals surface area contributed by atoms with Crippen molar-refractivity contribution in [1.82, 2.24) is 4.31 Å². The molecule has 1 fully saturated rings. The summed E-state index contributed by atoms with van der Waals surface area (Å²) in [5, 5.41) is 0. The largest absolute Gasteiger partial charge is 0.326 e. The van der Waals surface area contributed by atoms with E-state index in [9.17, 15) is 8.42 Å². The molecule has 0 aliphatic carbocycles. The minimum absolute atomic E-state index is 0.0423. The standard InChI is InChI=1S/C13H20N2O2S/c1-11-7-13(14)9-15(8-11)18(16,17)10-12-5-3-2-4-6-12/h2-6,11,13H,7-10,14H2,1H3. The Hall–Kier alpha value is -0.910. The van der Waals surface area contributed by atoms with E-state index in [1.807, 2.05) is 37.3 Å². The second-order valence-corrected chi connectivity index (χ2v) is 7.13. The Labute approximate surface area is 109 Å². The van der Waals surface area contributed by atoms with Crippen LogP contribution in [0.1, 0.15) is 18.9 Å². The molecule has 0 saturated carbocycles. The zero-order valence-electron chi connectivity index (χ0n) is 10.6. The Morgan fingerprint density at radius 2 is 1.94 bits per heavy atom. The van der Waals surface area contributed by atoms with E-state index in [1.54, 1.807) is 4.31 Å². The summed E-state index contributed by atoms with van der Waals surface area (Å²) in [7, 11) is -3.25. The first-order valence-corrected chi connectivity index (χ1v) is 7.85. The smallest absolute Gasteiger partial charge is 0.218 e. The molecular formula is C13H20N2O2S. The number of sulfonamides is 1. The number of benzene rings is 1. The van der Waals surface area contributed by atoms with Gasteiger partial charge in [0.05, 0.1) is 5.75 Å². The minimum atomic E-state index is -3.25. The van der Waals surface area contributed by atoms with Crippen molar-refractivity contribution in [2.75, 3.05) is 13.1 Å². The number of piperidine rings is 1. The van der Waals surface area contributed by atoms with Crippen molar-refractivity contribution >= 4 is 10.0 Å². The van der Waals surface area contributed by atoms with E-state index in [4.69, 9.17) is 5.73 Å². The second-order valence-electron chi connectivity index (χ2n) is 5.16. The Morgan fingerprint density at radius 3 is 2.56 bits per heavy atom. The van der Waals surface area contributed by atoms with Crippen LogP contribution in [0.5, 0.6) is 0 Å². The molecule has 5 heteroatoms. The quantitative estimate of drug-likeness (QED) is 0.895. The number of nitrogens with zero attached hydrogens (tertiary/aromatic N) is 1. The van der Waals surface area contributed by atoms with Crippen LogP contribution in [0.2, 0.25) is 0 Å². The summed E-state index contributed by atoms with van der Waals surface area (Å²) in [5.74, 6) is 0.395. The molecule has 18 heavy (non-hydrogen) atoms. The lowest BCUT2D eigenvalue weighted by molar-refractivity contribution is 0.254. The Kier molecular flexibility index (Phi) is 4.04. The van der Waals surface area contributed by atoms with Crippen molar-refractivity contribution in [2.45, 2.75) is 25.1 Å². The van der Waals surface area contributed by atoms with Crippen LogP contribution in [-0.4, -0.2) is 31.9 Å². The first kappa shape index (κ1) is 13.5. The molecule has 0 aromatic heterocycles. The predicted molar refractivity (Wildman–Crippen MR) is 72.4 cm³/mol. The van der Waals surface area contributed by atoms with Crippen molar-refractivity contribution in [1.29, 1.82) is 0 Å². The lowest BCUT2D eigenvalue weighted by Gasteiger charge is -2.33. The summed E-state index contributed by atoms with van der Waals surface area (Å²) >= 11 is 0. The van der Waals surface area contributed by atoms with Gasteiger partial charge in [-0.2, -0.15) is 4.31 Å². The van der Waals surface area contributed by atoms with Gasteiger partial charge in [-0.1, -0.05) is 37.3 Å². The fourth-order valence-corrected chi connectivity index (χ4v) is 4.15. The molecule has 2 atom stereocenters. The van der Waals surface area contributed by atoms with Gasteiger partial charge in [0, 0.05) is 19.1 Å². The van der Waals surface area contributed by atoms with E-state index in [0.29, 0.717) is 19.0 Å². The Bertz CT molecular complexity index is 477. The van der Waals surface area contributed by atoms with Gasteiger partial charge in [0.2, 0.25) is 10.0 Å². The molecule has 2 unspecified atom stereocenters. The summed E-state index contributed by atoms with van der Waals surface area (Å²) in [6, 6.07) is 9.23. The van der Waals surface area contributed by atoms with Crippen LogP contribution in [0, 0.1) is 5.92 Å². The SMILES string of the molecule is CC1CC(N)CN(S(=O)(=O)Cc2ccccc2)C1. The lowest BCUT2D eigenvalue weighted by atomic mass is 9.99. The van der Waals surface area contributed by atoms with Crippen molar-refractivity contribution in [3.05, 3.63) is 35.9 Å². The van der Waals surface area contributed by atoms with Gasteiger partial charge >= 0.3 is 0 Å². The topological polar surface area (TPSA) is 63.4 Å². The van der Waals surface area contributed by atoms with Gasteiger partial charge in [-0.3, -0.25) is 0 Å². The van der Waals surface area contributed by atoms with Crippen molar-refractivity contribution in [2.24, 2.45) is 11.7 Å². The van der Waals surface area contributed by atoms with Gasteiger partial charge < -0.3 is 5.73 Å². The maximum atomic E-state index is 12.3. The summed E-state index contributed by atoms with van der Waals surface area (Å²) in [6.45, 7) is 3.08. The number of rotatable bonds is 3. The van der Waals surface area contributed by atoms with Gasteiger partial charge in [-0.25, -0.2) is 8.42 Å². The van der Waals surface area contributed by atoms with Crippen molar-refractivity contribution in [3.8, 4) is 0 Å². The molecule has 1 heterocycles. The van der Waals surface area contributed by atoms with Gasteiger partial charge in [-0.05, 0) is 17.9 Å². The fraction of sp³-hybridized carbons (Fsp3) is 0.538. The molecule has 0 spiro atoms. The summed E-state index contributed by atoms with van der Waals surface area (Å²) < 4.78 is 26.2. The van der Waals surface area contributed by atoms with E-state index in [0.717, 1.165) is 12.0 Å². The summed E-state index contributed by atoms with van der Waals surface area (Å²) in [4.78, 5) is 0. The van der Waals surface area contributed by atoms with E-state index >= 15 is 0 Å². The van der Waals surface area contributed by atoms with Crippen molar-refractivity contribution < 1.29 is 8.42 Å². The maximum absolute atomic E-state index is 12.3. The van der Waals surface area contributed by atoms with E-state index in [-0.39, 0.29) is 11.8 Å². The maximum Gasteiger partial charge on any atom is 0.218 e. The Morgan fingerprint density at radius 1 is 1.28 bits per heavy atom. The molecule has 2 rings (SSSR count). The zero-order chi connectivity index (χ0) is 13.2. The Balaban J connectivity index is 2.11. The molecule has 1 aliphatic rings. The van der Waals surface area contributed by atoms with Crippen LogP contribution in [0.15, 0.2) is 30.3 Å². The first-order valence-electron chi connectivity index (χ1n) is 6.24. The second kappa shape index (κ2) is 5.38. The third-order valence-corrected chi connectivity index (χ3v) is 5.03. The van der Waals surface area contributed by atoms with E-state index < -0.39 is 10.0 Å². The predicted octanol–water partition coefficient (Wildman–Crippen LogP) is 1.19. The van der Waals surface area contributed by atoms with Crippen LogP contribution in [0.25, 0.3) is 0 Å². The minimum Gasteiger partial charge on any atom is -0.326 e. The number of hydrogen-bond acceptors (Lipinski definition) is 3. The van der Waals surface area contributed by atoms with Crippen molar-refractivity contribution in [3.63, 3.8) is 0 Å². The normalized spacial score (nSPS) is 26.1. The zero-order valence-corrected chi connectivity index (χ0v) is 11.4. The van der Waals surface area contributed by atoms with Crippen LogP contribution in [0.4, 0.5) is 0 Å². The average Bonchev–Trinajstić information content (AvgIpc) is 2.28. The van der Waals surface area contributed by atoms with E-state index in [1.165, 1.54) is 0 Å². The molecule has 100 valence electrons. The summed E-state index contributed by atoms with van der Waals surface area (Å²) in [6.07, 6.45) is 0.900. The van der Waals surface area contributed by atoms with Crippen LogP contribution in [0.3, 0.4) is 0 Å². The van der Waals surface area contributed by atoms with Gasteiger partial charge in [0.1, 0.15) is 0 Å². The number of nitrogens with two attached hydrogens (primary N) is 1. The molecular weight excluding hydrogens is 248 g/mol. The molecule has 0 bridgehead atoms. The van der Waals surface area contributed by atoms with E-state index in [2.05, 4.69) is 0 Å². The highest BCUT2D eigenvalue weighted by Crippen LogP contribution is 2.20. The lowest BCUT2D eigenvalue weighted by Crippen LogP contribution is -2.49. The average molecular weight is 268 g/mol. The van der Waals surface area contributed by atoms with Crippen LogP contribution < -0.4 is 5.73 Å². The highest BCUT2D eigenvalue weighted by molar-refractivity contribution is 7.88. The summed E-state index contributed by atoms with van der Waals surface area (Å²) in [5.41, 5.74) is 6.72. The van der Waals surface area contributed by atoms with Gasteiger partial charge in [0.15, 0.2) is 0 Å². The monoisotopic (exact) mass is 268 g/mol. The van der Waals surface area contributed by atoms with Gasteiger partial charge in [0.25, 0.3) is 0 Å². The highest BCUT2D eigenvalue weighted by Gasteiger charge is 2.30. The number of hydrogen-bond donors (Lipinski definition) is 1.